The van der Waals surface area contributed by atoms with Crippen LogP contribution in [0.2, 0.25) is 0 Å². The van der Waals surface area contributed by atoms with Gasteiger partial charge in [0.2, 0.25) is 0 Å². The first-order chi connectivity index (χ1) is 6.96. The first-order valence-corrected chi connectivity index (χ1v) is 5.67. The van der Waals surface area contributed by atoms with Crippen LogP contribution >= 0.6 is 15.9 Å². The van der Waals surface area contributed by atoms with Gasteiger partial charge < -0.3 is 4.74 Å². The summed E-state index contributed by atoms with van der Waals surface area (Å²) in [5.74, 6) is -0.0655. The SMILES string of the molecule is O=C(OCC(F)(F)Br)C1CC2C=CC1C2. The molecule has 0 aromatic rings. The summed E-state index contributed by atoms with van der Waals surface area (Å²) >= 11 is 2.13. The van der Waals surface area contributed by atoms with Crippen molar-refractivity contribution in [2.45, 2.75) is 17.7 Å². The van der Waals surface area contributed by atoms with Crippen LogP contribution in [-0.2, 0) is 9.53 Å². The number of esters is 1. The Balaban J connectivity index is 1.85. The average Bonchev–Trinajstić information content (AvgIpc) is 2.73. The average molecular weight is 281 g/mol. The molecule has 3 unspecified atom stereocenters. The van der Waals surface area contributed by atoms with Gasteiger partial charge in [-0.3, -0.25) is 4.79 Å². The molecule has 0 heterocycles. The third kappa shape index (κ3) is 2.56. The Kier molecular flexibility index (Phi) is 2.83. The van der Waals surface area contributed by atoms with Gasteiger partial charge in [0.15, 0.2) is 6.61 Å². The molecule has 3 atom stereocenters. The van der Waals surface area contributed by atoms with E-state index in [-0.39, 0.29) is 11.8 Å². The van der Waals surface area contributed by atoms with E-state index in [0.717, 1.165) is 12.8 Å². The quantitative estimate of drug-likeness (QED) is 0.451. The fraction of sp³-hybridized carbons (Fsp3) is 0.700. The molecular weight excluding hydrogens is 270 g/mol. The van der Waals surface area contributed by atoms with Gasteiger partial charge in [0.1, 0.15) is 0 Å². The molecule has 0 aromatic heterocycles. The highest BCUT2D eigenvalue weighted by Gasteiger charge is 2.41. The van der Waals surface area contributed by atoms with Gasteiger partial charge in [0.05, 0.1) is 5.92 Å². The topological polar surface area (TPSA) is 26.3 Å². The van der Waals surface area contributed by atoms with Crippen LogP contribution in [0.5, 0.6) is 0 Å². The van der Waals surface area contributed by atoms with Gasteiger partial charge in [-0.1, -0.05) is 12.2 Å². The zero-order chi connectivity index (χ0) is 11.1. The lowest BCUT2D eigenvalue weighted by Crippen LogP contribution is -2.26. The molecule has 0 amide bonds. The fourth-order valence-corrected chi connectivity index (χ4v) is 2.43. The lowest BCUT2D eigenvalue weighted by Gasteiger charge is -2.17. The Morgan fingerprint density at radius 3 is 2.67 bits per heavy atom. The molecule has 2 aliphatic rings. The van der Waals surface area contributed by atoms with Crippen LogP contribution in [-0.4, -0.2) is 17.4 Å². The van der Waals surface area contributed by atoms with Crippen molar-refractivity contribution in [2.75, 3.05) is 6.61 Å². The second-order valence-electron chi connectivity index (χ2n) is 4.11. The smallest absolute Gasteiger partial charge is 0.334 e. The van der Waals surface area contributed by atoms with Crippen molar-refractivity contribution in [1.82, 2.24) is 0 Å². The van der Waals surface area contributed by atoms with Gasteiger partial charge in [-0.2, -0.15) is 8.78 Å². The molecule has 0 saturated heterocycles. The highest BCUT2D eigenvalue weighted by atomic mass is 79.9. The van der Waals surface area contributed by atoms with E-state index in [1.807, 2.05) is 6.08 Å². The highest BCUT2D eigenvalue weighted by Crippen LogP contribution is 2.44. The van der Waals surface area contributed by atoms with Crippen LogP contribution in [0.15, 0.2) is 12.2 Å². The first kappa shape index (κ1) is 11.0. The normalized spacial score (nSPS) is 33.4. The summed E-state index contributed by atoms with van der Waals surface area (Å²) in [5, 5.41) is 0. The molecule has 5 heteroatoms. The van der Waals surface area contributed by atoms with E-state index in [1.165, 1.54) is 0 Å². The molecule has 2 rings (SSSR count). The molecule has 15 heavy (non-hydrogen) atoms. The van der Waals surface area contributed by atoms with Gasteiger partial charge >= 0.3 is 10.8 Å². The number of halogens is 3. The molecule has 84 valence electrons. The van der Waals surface area contributed by atoms with Crippen molar-refractivity contribution >= 4 is 21.9 Å². The van der Waals surface area contributed by atoms with Crippen molar-refractivity contribution in [3.8, 4) is 0 Å². The van der Waals surface area contributed by atoms with Crippen LogP contribution in [0.25, 0.3) is 0 Å². The van der Waals surface area contributed by atoms with Crippen LogP contribution in [0.1, 0.15) is 12.8 Å². The predicted molar refractivity (Wildman–Crippen MR) is 53.7 cm³/mol. The van der Waals surface area contributed by atoms with E-state index < -0.39 is 17.4 Å². The van der Waals surface area contributed by atoms with Crippen molar-refractivity contribution in [1.29, 1.82) is 0 Å². The van der Waals surface area contributed by atoms with Gasteiger partial charge in [0.25, 0.3) is 0 Å². The van der Waals surface area contributed by atoms with Crippen LogP contribution < -0.4 is 0 Å². The number of allylic oxidation sites excluding steroid dienone is 2. The Labute approximate surface area is 94.8 Å². The summed E-state index contributed by atoms with van der Waals surface area (Å²) in [4.78, 5) is 8.36. The molecular formula is C10H11BrF2O2. The number of fused-ring (bicyclic) bond motifs is 2. The predicted octanol–water partition coefficient (Wildman–Crippen LogP) is 2.73. The molecule has 0 N–H and O–H groups in total. The number of alkyl halides is 3. The van der Waals surface area contributed by atoms with E-state index >= 15 is 0 Å². The van der Waals surface area contributed by atoms with E-state index in [4.69, 9.17) is 0 Å². The number of carbonyl (C=O) groups is 1. The number of ether oxygens (including phenoxy) is 1. The van der Waals surface area contributed by atoms with Crippen LogP contribution in [0.4, 0.5) is 8.78 Å². The maximum Gasteiger partial charge on any atom is 0.334 e. The lowest BCUT2D eigenvalue weighted by atomic mass is 9.94. The summed E-state index contributed by atoms with van der Waals surface area (Å²) in [6.45, 7) is -0.885. The Morgan fingerprint density at radius 1 is 1.47 bits per heavy atom. The summed E-state index contributed by atoms with van der Waals surface area (Å²) in [5.41, 5.74) is 0. The summed E-state index contributed by atoms with van der Waals surface area (Å²) < 4.78 is 29.3. The summed E-state index contributed by atoms with van der Waals surface area (Å²) in [6.07, 6.45) is 5.79. The minimum atomic E-state index is -3.11. The minimum Gasteiger partial charge on any atom is -0.458 e. The summed E-state index contributed by atoms with van der Waals surface area (Å²) in [7, 11) is 0. The Bertz CT molecular complexity index is 298. The van der Waals surface area contributed by atoms with Crippen molar-refractivity contribution in [2.24, 2.45) is 17.8 Å². The van der Waals surface area contributed by atoms with E-state index in [0.29, 0.717) is 5.92 Å². The Morgan fingerprint density at radius 2 is 2.20 bits per heavy atom. The molecule has 2 nitrogen and oxygen atoms in total. The molecule has 2 bridgehead atoms. The van der Waals surface area contributed by atoms with E-state index in [9.17, 15) is 13.6 Å². The monoisotopic (exact) mass is 280 g/mol. The van der Waals surface area contributed by atoms with Crippen molar-refractivity contribution < 1.29 is 18.3 Å². The first-order valence-electron chi connectivity index (χ1n) is 4.87. The largest absolute Gasteiger partial charge is 0.458 e. The van der Waals surface area contributed by atoms with E-state index in [2.05, 4.69) is 26.7 Å². The van der Waals surface area contributed by atoms with Gasteiger partial charge in [0, 0.05) is 0 Å². The number of hydrogen-bond acceptors (Lipinski definition) is 2. The molecule has 0 spiro atoms. The van der Waals surface area contributed by atoms with Gasteiger partial charge in [-0.15, -0.1) is 0 Å². The van der Waals surface area contributed by atoms with Gasteiger partial charge in [-0.05, 0) is 40.6 Å². The zero-order valence-corrected chi connectivity index (χ0v) is 9.54. The number of hydrogen-bond donors (Lipinski definition) is 0. The molecule has 1 fully saturated rings. The van der Waals surface area contributed by atoms with Crippen molar-refractivity contribution in [3.63, 3.8) is 0 Å². The number of carbonyl (C=O) groups excluding carboxylic acids is 1. The highest BCUT2D eigenvalue weighted by molar-refractivity contribution is 9.10. The Hall–Kier alpha value is -0.450. The molecule has 0 aromatic carbocycles. The third-order valence-electron chi connectivity index (χ3n) is 2.96. The standard InChI is InChI=1S/C10H11BrF2O2/c11-10(12,13)5-15-9(14)8-4-6-1-2-7(8)3-6/h1-2,6-8H,3-5H2. The minimum absolute atomic E-state index is 0.200. The third-order valence-corrected chi connectivity index (χ3v) is 3.19. The fourth-order valence-electron chi connectivity index (χ4n) is 2.31. The number of rotatable bonds is 3. The second-order valence-corrected chi connectivity index (χ2v) is 5.27. The van der Waals surface area contributed by atoms with Crippen LogP contribution in [0.3, 0.4) is 0 Å². The molecule has 0 radical (unpaired) electrons. The van der Waals surface area contributed by atoms with Crippen molar-refractivity contribution in [3.05, 3.63) is 12.2 Å². The molecule has 1 saturated carbocycles. The summed E-state index contributed by atoms with van der Waals surface area (Å²) in [6, 6.07) is 0. The van der Waals surface area contributed by atoms with E-state index in [1.54, 1.807) is 0 Å². The molecule has 0 aliphatic heterocycles. The van der Waals surface area contributed by atoms with Crippen LogP contribution in [0, 0.1) is 17.8 Å². The zero-order valence-electron chi connectivity index (χ0n) is 7.96. The lowest BCUT2D eigenvalue weighted by molar-refractivity contribution is -0.154. The van der Waals surface area contributed by atoms with Gasteiger partial charge in [-0.25, -0.2) is 0 Å². The molecule has 2 aliphatic carbocycles. The maximum absolute atomic E-state index is 12.4. The second kappa shape index (κ2) is 3.85. The maximum atomic E-state index is 12.4.